The summed E-state index contributed by atoms with van der Waals surface area (Å²) < 4.78 is 12.6. The van der Waals surface area contributed by atoms with Crippen molar-refractivity contribution in [2.45, 2.75) is 25.7 Å². The number of benzene rings is 1. The van der Waals surface area contributed by atoms with Gasteiger partial charge in [-0.3, -0.25) is 10.2 Å². The first-order chi connectivity index (χ1) is 7.72. The third kappa shape index (κ3) is 4.89. The number of nitrogens with one attached hydrogen (secondary N) is 2. The Bertz CT molecular complexity index is 324. The van der Waals surface area contributed by atoms with Crippen LogP contribution < -0.4 is 10.9 Å². The van der Waals surface area contributed by atoms with Gasteiger partial charge in [0.05, 0.1) is 0 Å². The molecule has 0 aliphatic carbocycles. The van der Waals surface area contributed by atoms with Gasteiger partial charge in [-0.1, -0.05) is 12.1 Å². The minimum atomic E-state index is -0.211. The molecule has 4 heteroatoms. The molecular formula is C12H17FN2O. The van der Waals surface area contributed by atoms with Crippen LogP contribution in [0.1, 0.15) is 24.8 Å². The predicted molar refractivity (Wildman–Crippen MR) is 61.2 cm³/mol. The Morgan fingerprint density at radius 2 is 1.94 bits per heavy atom. The average molecular weight is 224 g/mol. The van der Waals surface area contributed by atoms with Gasteiger partial charge in [0, 0.05) is 13.5 Å². The number of amides is 1. The summed E-state index contributed by atoms with van der Waals surface area (Å²) in [4.78, 5) is 11.1. The number of rotatable bonds is 6. The molecule has 0 spiro atoms. The molecule has 1 rings (SSSR count). The van der Waals surface area contributed by atoms with Crippen LogP contribution in [0.25, 0.3) is 0 Å². The first kappa shape index (κ1) is 12.6. The van der Waals surface area contributed by atoms with Crippen LogP contribution in [-0.2, 0) is 11.2 Å². The number of hydrogen-bond acceptors (Lipinski definition) is 2. The van der Waals surface area contributed by atoms with Crippen molar-refractivity contribution in [1.82, 2.24) is 10.9 Å². The van der Waals surface area contributed by atoms with Crippen LogP contribution in [0.3, 0.4) is 0 Å². The van der Waals surface area contributed by atoms with Crippen LogP contribution in [0.5, 0.6) is 0 Å². The van der Waals surface area contributed by atoms with Gasteiger partial charge in [-0.15, -0.1) is 0 Å². The quantitative estimate of drug-likeness (QED) is 0.571. The lowest BCUT2D eigenvalue weighted by Crippen LogP contribution is -2.33. The van der Waals surface area contributed by atoms with Crippen LogP contribution in [0.2, 0.25) is 0 Å². The van der Waals surface area contributed by atoms with Crippen molar-refractivity contribution < 1.29 is 9.18 Å². The van der Waals surface area contributed by atoms with Crippen molar-refractivity contribution in [3.8, 4) is 0 Å². The first-order valence-corrected chi connectivity index (χ1v) is 5.42. The van der Waals surface area contributed by atoms with Gasteiger partial charge in [-0.05, 0) is 37.0 Å². The number of carbonyl (C=O) groups excluding carboxylic acids is 1. The first-order valence-electron chi connectivity index (χ1n) is 5.42. The second kappa shape index (κ2) is 6.95. The summed E-state index contributed by atoms with van der Waals surface area (Å²) in [7, 11) is 1.66. The lowest BCUT2D eigenvalue weighted by molar-refractivity contribution is -0.122. The molecule has 0 aliphatic heterocycles. The molecule has 0 bridgehead atoms. The standard InChI is InChI=1S/C12H17FN2O/c1-14-15-12(16)5-3-2-4-10-6-8-11(13)9-7-10/h6-9,14H,2-5H2,1H3,(H,15,16). The Hall–Kier alpha value is -1.42. The fourth-order valence-corrected chi connectivity index (χ4v) is 1.47. The molecule has 0 radical (unpaired) electrons. The Labute approximate surface area is 95.0 Å². The van der Waals surface area contributed by atoms with Gasteiger partial charge in [0.15, 0.2) is 0 Å². The molecule has 0 saturated heterocycles. The number of hydrazine groups is 1. The smallest absolute Gasteiger partial charge is 0.234 e. The van der Waals surface area contributed by atoms with Crippen molar-refractivity contribution >= 4 is 5.91 Å². The molecule has 1 amide bonds. The minimum absolute atomic E-state index is 0.00149. The van der Waals surface area contributed by atoms with Crippen molar-refractivity contribution in [3.05, 3.63) is 35.6 Å². The summed E-state index contributed by atoms with van der Waals surface area (Å²) in [6.07, 6.45) is 3.17. The number of aryl methyl sites for hydroxylation is 1. The lowest BCUT2D eigenvalue weighted by Gasteiger charge is -2.03. The van der Waals surface area contributed by atoms with Crippen molar-refractivity contribution in [3.63, 3.8) is 0 Å². The normalized spacial score (nSPS) is 10.1. The highest BCUT2D eigenvalue weighted by Gasteiger charge is 1.99. The van der Waals surface area contributed by atoms with E-state index < -0.39 is 0 Å². The van der Waals surface area contributed by atoms with Crippen LogP contribution in [0.15, 0.2) is 24.3 Å². The van der Waals surface area contributed by atoms with Crippen LogP contribution in [0.4, 0.5) is 4.39 Å². The zero-order valence-corrected chi connectivity index (χ0v) is 9.42. The van der Waals surface area contributed by atoms with E-state index in [4.69, 9.17) is 0 Å². The fourth-order valence-electron chi connectivity index (χ4n) is 1.47. The molecule has 0 fully saturated rings. The average Bonchev–Trinajstić information content (AvgIpc) is 2.27. The number of halogens is 1. The molecule has 0 aromatic heterocycles. The lowest BCUT2D eigenvalue weighted by atomic mass is 10.1. The van der Waals surface area contributed by atoms with Crippen LogP contribution in [0, 0.1) is 5.82 Å². The zero-order valence-electron chi connectivity index (χ0n) is 9.42. The molecule has 0 unspecified atom stereocenters. The molecular weight excluding hydrogens is 207 g/mol. The van der Waals surface area contributed by atoms with E-state index in [2.05, 4.69) is 10.9 Å². The molecule has 16 heavy (non-hydrogen) atoms. The molecule has 0 aliphatic rings. The summed E-state index contributed by atoms with van der Waals surface area (Å²) >= 11 is 0. The maximum Gasteiger partial charge on any atom is 0.234 e. The molecule has 0 saturated carbocycles. The number of hydrogen-bond donors (Lipinski definition) is 2. The van der Waals surface area contributed by atoms with Gasteiger partial charge >= 0.3 is 0 Å². The highest BCUT2D eigenvalue weighted by atomic mass is 19.1. The monoisotopic (exact) mass is 224 g/mol. The van der Waals surface area contributed by atoms with E-state index in [0.717, 1.165) is 24.8 Å². The van der Waals surface area contributed by atoms with Crippen LogP contribution >= 0.6 is 0 Å². The van der Waals surface area contributed by atoms with E-state index in [1.165, 1.54) is 12.1 Å². The molecule has 2 N–H and O–H groups in total. The SMILES string of the molecule is CNNC(=O)CCCCc1ccc(F)cc1. The van der Waals surface area contributed by atoms with Gasteiger partial charge in [-0.25, -0.2) is 9.82 Å². The predicted octanol–water partition coefficient (Wildman–Crippen LogP) is 1.79. The highest BCUT2D eigenvalue weighted by Crippen LogP contribution is 2.07. The molecule has 0 atom stereocenters. The molecule has 1 aromatic carbocycles. The van der Waals surface area contributed by atoms with Crippen molar-refractivity contribution in [2.24, 2.45) is 0 Å². The molecule has 1 aromatic rings. The van der Waals surface area contributed by atoms with E-state index >= 15 is 0 Å². The minimum Gasteiger partial charge on any atom is -0.292 e. The largest absolute Gasteiger partial charge is 0.292 e. The Morgan fingerprint density at radius 1 is 1.25 bits per heavy atom. The Morgan fingerprint density at radius 3 is 2.56 bits per heavy atom. The van der Waals surface area contributed by atoms with Gasteiger partial charge < -0.3 is 0 Å². The van der Waals surface area contributed by atoms with Crippen molar-refractivity contribution in [1.29, 1.82) is 0 Å². The van der Waals surface area contributed by atoms with Gasteiger partial charge in [-0.2, -0.15) is 0 Å². The summed E-state index contributed by atoms with van der Waals surface area (Å²) in [6.45, 7) is 0. The van der Waals surface area contributed by atoms with Gasteiger partial charge in [0.2, 0.25) is 5.91 Å². The third-order valence-corrected chi connectivity index (χ3v) is 2.30. The highest BCUT2D eigenvalue weighted by molar-refractivity contribution is 5.75. The molecule has 0 heterocycles. The number of carbonyl (C=O) groups is 1. The number of unbranched alkanes of at least 4 members (excludes halogenated alkanes) is 1. The maximum absolute atomic E-state index is 12.6. The van der Waals surface area contributed by atoms with Crippen LogP contribution in [-0.4, -0.2) is 13.0 Å². The Balaban J connectivity index is 2.16. The van der Waals surface area contributed by atoms with E-state index in [1.54, 1.807) is 19.2 Å². The van der Waals surface area contributed by atoms with Gasteiger partial charge in [0.25, 0.3) is 0 Å². The second-order valence-electron chi connectivity index (χ2n) is 3.63. The van der Waals surface area contributed by atoms with E-state index in [-0.39, 0.29) is 11.7 Å². The fraction of sp³-hybridized carbons (Fsp3) is 0.417. The second-order valence-corrected chi connectivity index (χ2v) is 3.63. The maximum atomic E-state index is 12.6. The summed E-state index contributed by atoms with van der Waals surface area (Å²) in [5, 5.41) is 0. The molecule has 88 valence electrons. The summed E-state index contributed by atoms with van der Waals surface area (Å²) in [6, 6.07) is 6.48. The Kier molecular flexibility index (Phi) is 5.50. The topological polar surface area (TPSA) is 41.1 Å². The third-order valence-electron chi connectivity index (χ3n) is 2.30. The van der Waals surface area contributed by atoms with Crippen molar-refractivity contribution in [2.75, 3.05) is 7.05 Å². The van der Waals surface area contributed by atoms with E-state index in [1.807, 2.05) is 0 Å². The van der Waals surface area contributed by atoms with E-state index in [0.29, 0.717) is 6.42 Å². The zero-order chi connectivity index (χ0) is 11.8. The summed E-state index contributed by atoms with van der Waals surface area (Å²) in [5.74, 6) is -0.209. The van der Waals surface area contributed by atoms with E-state index in [9.17, 15) is 9.18 Å². The summed E-state index contributed by atoms with van der Waals surface area (Å²) in [5.41, 5.74) is 6.21. The van der Waals surface area contributed by atoms with Gasteiger partial charge in [0.1, 0.15) is 5.82 Å². The molecule has 3 nitrogen and oxygen atoms in total.